The predicted octanol–water partition coefficient (Wildman–Crippen LogP) is 12.8. The van der Waals surface area contributed by atoms with E-state index in [1.54, 1.807) is 64.6 Å². The summed E-state index contributed by atoms with van der Waals surface area (Å²) in [5.74, 6) is -2.62. The number of fused-ring (bicyclic) bond motifs is 3. The van der Waals surface area contributed by atoms with Gasteiger partial charge in [0.2, 0.25) is 0 Å². The maximum Gasteiger partial charge on any atom is 0.333 e. The maximum atomic E-state index is 14.2. The molecule has 0 aliphatic carbocycles. The van der Waals surface area contributed by atoms with Crippen LogP contribution in [0.4, 0.5) is 0 Å². The number of benzene rings is 3. The Hall–Kier alpha value is -10.2. The average molecular weight is 1690 g/mol. The van der Waals surface area contributed by atoms with E-state index in [1.165, 1.54) is 127 Å². The van der Waals surface area contributed by atoms with E-state index in [-0.39, 0.29) is 43.3 Å². The highest BCUT2D eigenvalue weighted by Crippen LogP contribution is 2.38. The number of ether oxygens (including phenoxy) is 5. The summed E-state index contributed by atoms with van der Waals surface area (Å²) in [6.07, 6.45) is 7.01. The molecule has 30 nitrogen and oxygen atoms in total. The number of aliphatic carboxylic acids is 1. The lowest BCUT2D eigenvalue weighted by Gasteiger charge is -2.30. The second-order valence-electron chi connectivity index (χ2n) is 31.3. The minimum Gasteiger partial charge on any atom is -0.480 e. The summed E-state index contributed by atoms with van der Waals surface area (Å²) in [5.41, 5.74) is -5.51. The van der Waals surface area contributed by atoms with Crippen molar-refractivity contribution in [3.63, 3.8) is 0 Å². The normalized spacial score (nSPS) is 13.0. The van der Waals surface area contributed by atoms with E-state index in [1.807, 2.05) is 139 Å². The summed E-state index contributed by atoms with van der Waals surface area (Å²) in [7, 11) is 0. The Morgan fingerprint density at radius 1 is 0.456 bits per heavy atom. The third-order valence-corrected chi connectivity index (χ3v) is 22.8. The summed E-state index contributed by atoms with van der Waals surface area (Å²) in [5, 5.41) is 26.5. The van der Waals surface area contributed by atoms with Gasteiger partial charge in [-0.25, -0.2) is 66.8 Å². The molecule has 0 bridgehead atoms. The lowest BCUT2D eigenvalue weighted by Crippen LogP contribution is -2.54. The van der Waals surface area contributed by atoms with Crippen LogP contribution < -0.4 is 33.7 Å². The summed E-state index contributed by atoms with van der Waals surface area (Å²) in [6, 6.07) is 28.8. The third kappa shape index (κ3) is 19.4. The van der Waals surface area contributed by atoms with Crippen LogP contribution in [0.15, 0.2) is 162 Å². The monoisotopic (exact) mass is 1680 g/mol. The Labute approximate surface area is 677 Å². The second kappa shape index (κ2) is 35.7. The zero-order valence-corrected chi connectivity index (χ0v) is 71.8. The number of aryl methyl sites for hydroxylation is 3. The Balaban J connectivity index is 0.000000190. The number of rotatable bonds is 23. The highest BCUT2D eigenvalue weighted by molar-refractivity contribution is 9.11. The molecular weight excluding hydrogens is 1590 g/mol. The van der Waals surface area contributed by atoms with Crippen LogP contribution in [-0.4, -0.2) is 125 Å². The highest BCUT2D eigenvalue weighted by atomic mass is 79.9. The van der Waals surface area contributed by atoms with Gasteiger partial charge in [0, 0.05) is 11.1 Å². The molecule has 0 radical (unpaired) electrons. The van der Waals surface area contributed by atoms with Crippen LogP contribution in [0.2, 0.25) is 0 Å². The van der Waals surface area contributed by atoms with Gasteiger partial charge in [0.05, 0.1) is 57.9 Å². The summed E-state index contributed by atoms with van der Waals surface area (Å²) in [4.78, 5) is 135. The average Bonchev–Trinajstić information content (AvgIpc) is 1.54. The number of halogens is 1. The molecule has 2 N–H and O–H groups in total. The van der Waals surface area contributed by atoms with E-state index >= 15 is 0 Å². The number of nitrogens with one attached hydrogen (secondary N) is 1. The van der Waals surface area contributed by atoms with Crippen LogP contribution in [0.5, 0.6) is 0 Å². The van der Waals surface area contributed by atoms with Gasteiger partial charge in [-0.3, -0.25) is 33.2 Å². The first kappa shape index (κ1) is 87.7. The van der Waals surface area contributed by atoms with Crippen molar-refractivity contribution in [1.29, 1.82) is 0 Å². The molecule has 9 heterocycles. The number of nitrogens with zero attached hydrogens (tertiary/aromatic N) is 14. The smallest absolute Gasteiger partial charge is 0.333 e. The first-order chi connectivity index (χ1) is 53.4. The molecule has 0 unspecified atom stereocenters. The van der Waals surface area contributed by atoms with Gasteiger partial charge < -0.3 is 28.8 Å². The topological polar surface area (TPSA) is 353 Å². The van der Waals surface area contributed by atoms with E-state index in [4.69, 9.17) is 23.7 Å². The first-order valence-electron chi connectivity index (χ1n) is 36.7. The summed E-state index contributed by atoms with van der Waals surface area (Å²) < 4.78 is 41.1. The molecule has 3 atom stereocenters. The Morgan fingerprint density at radius 3 is 1.04 bits per heavy atom. The molecule has 12 rings (SSSR count). The Kier molecular flexibility index (Phi) is 27.4. The lowest BCUT2D eigenvalue weighted by atomic mass is 10.0. The molecular formula is C80H98BrN15O15S3. The van der Waals surface area contributed by atoms with Gasteiger partial charge in [0.1, 0.15) is 109 Å². The number of aromatic amines is 1. The number of esters is 2. The second-order valence-corrected chi connectivity index (χ2v) is 35.5. The van der Waals surface area contributed by atoms with Crippen LogP contribution in [0.25, 0.3) is 40.7 Å². The van der Waals surface area contributed by atoms with Gasteiger partial charge in [0.25, 0.3) is 16.7 Å². The van der Waals surface area contributed by atoms with E-state index in [0.29, 0.717) is 46.4 Å². The molecule has 0 saturated carbocycles. The predicted molar refractivity (Wildman–Crippen MR) is 443 cm³/mol. The largest absolute Gasteiger partial charge is 0.480 e. The fourth-order valence-corrected chi connectivity index (χ4v) is 16.6. The molecule has 12 aromatic rings. The van der Waals surface area contributed by atoms with Gasteiger partial charge in [-0.1, -0.05) is 114 Å². The van der Waals surface area contributed by atoms with Crippen molar-refractivity contribution in [1.82, 2.24) is 72.1 Å². The zero-order chi connectivity index (χ0) is 84.0. The van der Waals surface area contributed by atoms with Crippen molar-refractivity contribution in [3.8, 4) is 10.0 Å². The van der Waals surface area contributed by atoms with Crippen LogP contribution in [0.3, 0.4) is 0 Å². The fraction of sp³-hybridized carbons (Fsp3) is 0.438. The quantitative estimate of drug-likeness (QED) is 0.0562. The summed E-state index contributed by atoms with van der Waals surface area (Å²) in [6.45, 7) is 36.6. The van der Waals surface area contributed by atoms with Crippen molar-refractivity contribution in [2.45, 2.75) is 229 Å². The molecule has 0 aliphatic heterocycles. The van der Waals surface area contributed by atoms with Crippen molar-refractivity contribution in [2.24, 2.45) is 0 Å². The van der Waals surface area contributed by atoms with Gasteiger partial charge in [-0.2, -0.15) is 15.3 Å². The molecule has 0 aliphatic rings. The molecule has 0 spiro atoms. The molecule has 9 aromatic heterocycles. The number of hydrogen-bond donors (Lipinski definition) is 2. The van der Waals surface area contributed by atoms with E-state index in [9.17, 15) is 48.3 Å². The number of aromatic nitrogens is 15. The first-order valence-corrected chi connectivity index (χ1v) is 40.0. The van der Waals surface area contributed by atoms with Crippen LogP contribution in [-0.2, 0) is 74.3 Å². The molecule has 0 amide bonds. The lowest BCUT2D eigenvalue weighted by molar-refractivity contribution is -0.165. The number of hydrogen-bond acceptors (Lipinski definition) is 23. The van der Waals surface area contributed by atoms with Crippen molar-refractivity contribution < 1.29 is 43.2 Å². The molecule has 34 heteroatoms. The highest BCUT2D eigenvalue weighted by Gasteiger charge is 2.42. The minimum atomic E-state index is -1.77. The van der Waals surface area contributed by atoms with Gasteiger partial charge >= 0.3 is 35.0 Å². The van der Waals surface area contributed by atoms with Gasteiger partial charge in [-0.15, -0.1) is 11.3 Å². The number of thiophene rings is 3. The standard InChI is InChI=1S/C28H35N5O5S.C26H33BrN2O5S.C24H27N5O5S.C2H3N3/c1-17(2)37-20(19-12-10-9-11-13-19)14-31-24-21(18(3)23(39-24)32-16-29-15-30-32)22(34)33(26(31)36)28(7,8)25(35)38-27(4,5)6;1-15(2)33-18(17-12-10-9-11-13-17)14-28-22-19(16(3)20(27)35-22)21(30)29(24(28)32)26(7,8)23(31)34-25(4,5)6;1-14(2)34-17(16-9-7-6-8-10-16)11-27-21-18(15(3)20(35-21)28-13-25-12-26-28)19(30)29(23(27)33)24(4,5)22(31)32;1-3-2-5-4-1/h9-13,15-17,20H,14H2,1-8H3;9-13,15,18H,14H2,1-8H3;6-10,12-14,17H,11H2,1-5H3,(H,31,32);1-2H,(H,3,4,5)/t20-;18-;17-;/m000./s1. The van der Waals surface area contributed by atoms with Crippen molar-refractivity contribution in [3.05, 3.63) is 229 Å². The fourth-order valence-electron chi connectivity index (χ4n) is 12.4. The van der Waals surface area contributed by atoms with E-state index in [2.05, 4.69) is 51.3 Å². The molecule has 114 heavy (non-hydrogen) atoms. The number of carbonyl (C=O) groups excluding carboxylic acids is 2. The molecule has 608 valence electrons. The Morgan fingerprint density at radius 2 is 0.772 bits per heavy atom. The zero-order valence-electron chi connectivity index (χ0n) is 67.7. The number of carboxylic acids is 1. The third-order valence-electron chi connectivity index (χ3n) is 18.0. The van der Waals surface area contributed by atoms with Gasteiger partial charge in [-0.05, 0) is 184 Å². The van der Waals surface area contributed by atoms with Crippen LogP contribution in [0.1, 0.15) is 176 Å². The molecule has 3 aromatic carbocycles. The van der Waals surface area contributed by atoms with Crippen LogP contribution >= 0.6 is 49.9 Å². The minimum absolute atomic E-state index is 0.0876. The Bertz CT molecular complexity index is 5730. The maximum absolute atomic E-state index is 14.2. The SMILES string of the molecule is Cc1c(-n2cncn2)sc2c1c(=O)n(C(C)(C)C(=O)O)c(=O)n2C[C@H](OC(C)C)c1ccccc1.Cc1c(-n2cncn2)sc2c1c(=O)n(C(C)(C)C(=O)OC(C)(C)C)c(=O)n2C[C@H](OC(C)C)c1ccccc1.Cc1c(Br)sc2c1c(=O)n(C(C)(C)C(=O)OC(C)(C)C)c(=O)n2C[C@H](OC(C)C)c1ccccc1.c1nc[nH]n1. The van der Waals surface area contributed by atoms with Crippen molar-refractivity contribution in [2.75, 3.05) is 0 Å². The number of carbonyl (C=O) groups is 3. The van der Waals surface area contributed by atoms with Crippen molar-refractivity contribution >= 4 is 98.5 Å². The summed E-state index contributed by atoms with van der Waals surface area (Å²) >= 11 is 7.35. The van der Waals surface area contributed by atoms with E-state index < -0.39 is 97.8 Å². The number of H-pyrrole nitrogens is 1. The molecule has 0 fully saturated rings. The van der Waals surface area contributed by atoms with E-state index in [0.717, 1.165) is 39.7 Å². The van der Waals surface area contributed by atoms with Gasteiger partial charge in [0.15, 0.2) is 0 Å². The van der Waals surface area contributed by atoms with Crippen LogP contribution in [0, 0.1) is 20.8 Å². The number of carboxylic acid groups (broad SMARTS) is 1. The molecule has 0 saturated heterocycles.